The molecule has 0 aliphatic carbocycles. The van der Waals surface area contributed by atoms with E-state index < -0.39 is 0 Å². The predicted molar refractivity (Wildman–Crippen MR) is 74.4 cm³/mol. The summed E-state index contributed by atoms with van der Waals surface area (Å²) in [5.74, 6) is 0.0891. The molecular weight excluding hydrogens is 234 g/mol. The molecule has 2 aromatic rings. The van der Waals surface area contributed by atoms with Gasteiger partial charge in [-0.3, -0.25) is 5.41 Å². The van der Waals surface area contributed by atoms with Crippen molar-refractivity contribution in [3.63, 3.8) is 0 Å². The van der Waals surface area contributed by atoms with Gasteiger partial charge < -0.3 is 11.1 Å². The third kappa shape index (κ3) is 3.50. The lowest BCUT2D eigenvalue weighted by Gasteiger charge is -2.06. The van der Waals surface area contributed by atoms with E-state index in [4.69, 9.17) is 11.1 Å². The first kappa shape index (κ1) is 13.1. The van der Waals surface area contributed by atoms with Crippen LogP contribution in [0.2, 0.25) is 0 Å². The molecule has 0 heterocycles. The molecule has 88 valence electrons. The summed E-state index contributed by atoms with van der Waals surface area (Å²) < 4.78 is 0. The summed E-state index contributed by atoms with van der Waals surface area (Å²) in [7, 11) is 0. The highest BCUT2D eigenvalue weighted by Gasteiger charge is 1.96. The summed E-state index contributed by atoms with van der Waals surface area (Å²) in [6.07, 6.45) is 0. The van der Waals surface area contributed by atoms with Crippen molar-refractivity contribution >= 4 is 29.6 Å². The molecule has 0 spiro atoms. The van der Waals surface area contributed by atoms with E-state index in [0.717, 1.165) is 16.9 Å². The lowest BCUT2D eigenvalue weighted by atomic mass is 10.2. The van der Waals surface area contributed by atoms with Crippen molar-refractivity contribution in [1.82, 2.24) is 0 Å². The fourth-order valence-corrected chi connectivity index (χ4v) is 1.42. The first-order chi connectivity index (χ1) is 7.75. The number of para-hydroxylation sites is 1. The number of halogens is 1. The summed E-state index contributed by atoms with van der Waals surface area (Å²) in [5.41, 5.74) is 8.14. The van der Waals surface area contributed by atoms with E-state index in [-0.39, 0.29) is 18.2 Å². The molecule has 0 amide bonds. The van der Waals surface area contributed by atoms with Crippen LogP contribution in [0.3, 0.4) is 0 Å². The molecule has 4 N–H and O–H groups in total. The second kappa shape index (κ2) is 5.92. The highest BCUT2D eigenvalue weighted by molar-refractivity contribution is 5.95. The van der Waals surface area contributed by atoms with Crippen LogP contribution in [-0.2, 0) is 0 Å². The molecule has 0 fully saturated rings. The van der Waals surface area contributed by atoms with Crippen molar-refractivity contribution in [1.29, 1.82) is 5.41 Å². The Hall–Kier alpha value is -2.00. The second-order valence-corrected chi connectivity index (χ2v) is 3.48. The maximum absolute atomic E-state index is 7.28. The van der Waals surface area contributed by atoms with Crippen LogP contribution in [0.4, 0.5) is 11.4 Å². The normalized spacial score (nSPS) is 9.18. The highest BCUT2D eigenvalue weighted by atomic mass is 35.5. The lowest BCUT2D eigenvalue weighted by Crippen LogP contribution is -2.10. The molecule has 3 nitrogen and oxygen atoms in total. The van der Waals surface area contributed by atoms with E-state index in [1.807, 2.05) is 54.6 Å². The van der Waals surface area contributed by atoms with Crippen LogP contribution in [0.1, 0.15) is 5.56 Å². The molecule has 2 rings (SSSR count). The van der Waals surface area contributed by atoms with Crippen LogP contribution in [0, 0.1) is 5.41 Å². The van der Waals surface area contributed by atoms with Crippen LogP contribution < -0.4 is 11.1 Å². The Labute approximate surface area is 107 Å². The summed E-state index contributed by atoms with van der Waals surface area (Å²) in [6, 6.07) is 17.4. The Kier molecular flexibility index (Phi) is 4.55. The molecule has 4 heteroatoms. The van der Waals surface area contributed by atoms with Gasteiger partial charge in [0.25, 0.3) is 0 Å². The quantitative estimate of drug-likeness (QED) is 0.576. The van der Waals surface area contributed by atoms with Gasteiger partial charge >= 0.3 is 0 Å². The van der Waals surface area contributed by atoms with Gasteiger partial charge in [0.05, 0.1) is 0 Å². The van der Waals surface area contributed by atoms with E-state index >= 15 is 0 Å². The van der Waals surface area contributed by atoms with Crippen molar-refractivity contribution in [3.8, 4) is 0 Å². The molecule has 0 radical (unpaired) electrons. The SMILES string of the molecule is Cl.N=C(N)c1ccc(Nc2ccccc2)cc1. The molecule has 0 bridgehead atoms. The largest absolute Gasteiger partial charge is 0.384 e. The van der Waals surface area contributed by atoms with Crippen LogP contribution in [0.15, 0.2) is 54.6 Å². The Balaban J connectivity index is 0.00000144. The molecule has 0 aliphatic heterocycles. The minimum absolute atomic E-state index is 0. The van der Waals surface area contributed by atoms with Crippen molar-refractivity contribution in [2.24, 2.45) is 5.73 Å². The van der Waals surface area contributed by atoms with E-state index in [2.05, 4.69) is 5.32 Å². The van der Waals surface area contributed by atoms with Gasteiger partial charge in [-0.05, 0) is 36.4 Å². The molecule has 2 aromatic carbocycles. The first-order valence-electron chi connectivity index (χ1n) is 5.02. The monoisotopic (exact) mass is 247 g/mol. The number of hydrogen-bond acceptors (Lipinski definition) is 2. The molecule has 0 unspecified atom stereocenters. The van der Waals surface area contributed by atoms with Crippen molar-refractivity contribution in [2.75, 3.05) is 5.32 Å². The van der Waals surface area contributed by atoms with E-state index in [9.17, 15) is 0 Å². The lowest BCUT2D eigenvalue weighted by molar-refractivity contribution is 1.42. The van der Waals surface area contributed by atoms with Crippen molar-refractivity contribution in [3.05, 3.63) is 60.2 Å². The zero-order valence-corrected chi connectivity index (χ0v) is 10.00. The van der Waals surface area contributed by atoms with E-state index in [0.29, 0.717) is 0 Å². The van der Waals surface area contributed by atoms with E-state index in [1.165, 1.54) is 0 Å². The topological polar surface area (TPSA) is 61.9 Å². The number of nitrogens with two attached hydrogens (primary N) is 1. The highest BCUT2D eigenvalue weighted by Crippen LogP contribution is 2.16. The Morgan fingerprint density at radius 2 is 1.41 bits per heavy atom. The van der Waals surface area contributed by atoms with Gasteiger partial charge in [0, 0.05) is 16.9 Å². The summed E-state index contributed by atoms with van der Waals surface area (Å²) in [6.45, 7) is 0. The first-order valence-corrected chi connectivity index (χ1v) is 5.02. The Morgan fingerprint density at radius 3 is 1.94 bits per heavy atom. The Bertz CT molecular complexity index is 480. The number of nitrogen functional groups attached to an aromatic ring is 1. The maximum atomic E-state index is 7.28. The molecule has 0 aromatic heterocycles. The number of amidine groups is 1. The zero-order valence-electron chi connectivity index (χ0n) is 9.18. The molecule has 0 saturated heterocycles. The van der Waals surface area contributed by atoms with Gasteiger partial charge in [0.2, 0.25) is 0 Å². The molecule has 0 saturated carbocycles. The summed E-state index contributed by atoms with van der Waals surface area (Å²) in [4.78, 5) is 0. The number of benzene rings is 2. The molecule has 0 aliphatic rings. The smallest absolute Gasteiger partial charge is 0.122 e. The number of anilines is 2. The van der Waals surface area contributed by atoms with Crippen LogP contribution in [-0.4, -0.2) is 5.84 Å². The third-order valence-corrected chi connectivity index (χ3v) is 2.26. The van der Waals surface area contributed by atoms with Gasteiger partial charge in [-0.25, -0.2) is 0 Å². The fourth-order valence-electron chi connectivity index (χ4n) is 1.42. The minimum atomic E-state index is 0. The number of nitrogens with one attached hydrogen (secondary N) is 2. The van der Waals surface area contributed by atoms with Crippen molar-refractivity contribution in [2.45, 2.75) is 0 Å². The average Bonchev–Trinajstić information content (AvgIpc) is 2.31. The summed E-state index contributed by atoms with van der Waals surface area (Å²) in [5, 5.41) is 10.5. The van der Waals surface area contributed by atoms with Gasteiger partial charge in [-0.15, -0.1) is 12.4 Å². The predicted octanol–water partition coefficient (Wildman–Crippen LogP) is 3.14. The van der Waals surface area contributed by atoms with Crippen LogP contribution in [0.5, 0.6) is 0 Å². The Morgan fingerprint density at radius 1 is 0.882 bits per heavy atom. The number of hydrogen-bond donors (Lipinski definition) is 3. The van der Waals surface area contributed by atoms with Crippen LogP contribution >= 0.6 is 12.4 Å². The minimum Gasteiger partial charge on any atom is -0.384 e. The third-order valence-electron chi connectivity index (χ3n) is 2.26. The second-order valence-electron chi connectivity index (χ2n) is 3.48. The molecule has 0 atom stereocenters. The summed E-state index contributed by atoms with van der Waals surface area (Å²) >= 11 is 0. The fraction of sp³-hybridized carbons (Fsp3) is 0. The average molecular weight is 248 g/mol. The standard InChI is InChI=1S/C13H13N3.ClH/c14-13(15)10-6-8-12(9-7-10)16-11-4-2-1-3-5-11;/h1-9,16H,(H3,14,15);1H. The number of rotatable bonds is 3. The van der Waals surface area contributed by atoms with Gasteiger partial charge in [-0.1, -0.05) is 18.2 Å². The van der Waals surface area contributed by atoms with Gasteiger partial charge in [0.15, 0.2) is 0 Å². The van der Waals surface area contributed by atoms with Crippen LogP contribution in [0.25, 0.3) is 0 Å². The van der Waals surface area contributed by atoms with Gasteiger partial charge in [-0.2, -0.15) is 0 Å². The van der Waals surface area contributed by atoms with E-state index in [1.54, 1.807) is 0 Å². The van der Waals surface area contributed by atoms with Crippen molar-refractivity contribution < 1.29 is 0 Å². The maximum Gasteiger partial charge on any atom is 0.122 e. The zero-order chi connectivity index (χ0) is 11.4. The molecular formula is C13H14ClN3. The van der Waals surface area contributed by atoms with Gasteiger partial charge in [0.1, 0.15) is 5.84 Å². The molecule has 17 heavy (non-hydrogen) atoms.